The van der Waals surface area contributed by atoms with E-state index in [0.29, 0.717) is 6.04 Å². The quantitative estimate of drug-likeness (QED) is 0.620. The summed E-state index contributed by atoms with van der Waals surface area (Å²) in [4.78, 5) is 11.8. The fourth-order valence-corrected chi connectivity index (χ4v) is 5.46. The minimum Gasteiger partial charge on any atom is -0.367 e. The number of hydrogen-bond donors (Lipinski definition) is 0. The third kappa shape index (κ3) is 4.15. The van der Waals surface area contributed by atoms with Crippen LogP contribution < -0.4 is 4.90 Å². The Bertz CT molecular complexity index is 948. The predicted molar refractivity (Wildman–Crippen MR) is 120 cm³/mol. The van der Waals surface area contributed by atoms with Crippen molar-refractivity contribution in [2.45, 2.75) is 25.4 Å². The third-order valence-electron chi connectivity index (χ3n) is 6.35. The number of rotatable bonds is 5. The van der Waals surface area contributed by atoms with Gasteiger partial charge in [-0.3, -0.25) is 14.4 Å². The minimum atomic E-state index is -0.113. The summed E-state index contributed by atoms with van der Waals surface area (Å²) in [6.45, 7) is 7.00. The maximum Gasteiger partial charge on any atom is 0.193 e. The number of piperidine rings is 1. The summed E-state index contributed by atoms with van der Waals surface area (Å²) in [5.74, 6) is -0.113. The maximum atomic E-state index is 14.1. The second kappa shape index (κ2) is 8.88. The third-order valence-corrected chi connectivity index (χ3v) is 7.12. The molecule has 0 aliphatic carbocycles. The van der Waals surface area contributed by atoms with Crippen molar-refractivity contribution in [2.75, 3.05) is 44.2 Å². The lowest BCUT2D eigenvalue weighted by molar-refractivity contribution is 0.0877. The normalized spacial score (nSPS) is 21.2. The molecule has 5 nitrogen and oxygen atoms in total. The van der Waals surface area contributed by atoms with Crippen molar-refractivity contribution < 1.29 is 4.39 Å². The van der Waals surface area contributed by atoms with Gasteiger partial charge < -0.3 is 4.90 Å². The Morgan fingerprint density at radius 2 is 1.90 bits per heavy atom. The lowest BCUT2D eigenvalue weighted by atomic mass is 10.0. The largest absolute Gasteiger partial charge is 0.367 e. The van der Waals surface area contributed by atoms with Crippen molar-refractivity contribution in [3.8, 4) is 5.13 Å². The average molecular weight is 426 g/mol. The molecule has 3 aromatic rings. The summed E-state index contributed by atoms with van der Waals surface area (Å²) in [5.41, 5.74) is 2.04. The molecule has 7 heteroatoms. The molecular weight excluding hydrogens is 397 g/mol. The van der Waals surface area contributed by atoms with Gasteiger partial charge in [0.2, 0.25) is 0 Å². The molecule has 30 heavy (non-hydrogen) atoms. The summed E-state index contributed by atoms with van der Waals surface area (Å²) in [6, 6.07) is 12.0. The molecule has 0 bridgehead atoms. The van der Waals surface area contributed by atoms with Gasteiger partial charge in [-0.15, -0.1) is 11.3 Å². The Hall–Kier alpha value is -2.22. The van der Waals surface area contributed by atoms with E-state index < -0.39 is 0 Å². The summed E-state index contributed by atoms with van der Waals surface area (Å²) in [6.07, 6.45) is 6.46. The van der Waals surface area contributed by atoms with Gasteiger partial charge in [0.1, 0.15) is 5.82 Å². The van der Waals surface area contributed by atoms with E-state index in [1.54, 1.807) is 23.5 Å². The maximum absolute atomic E-state index is 14.1. The Kier molecular flexibility index (Phi) is 5.84. The molecule has 1 aromatic carbocycles. The average Bonchev–Trinajstić information content (AvgIpc) is 3.46. The van der Waals surface area contributed by atoms with Crippen LogP contribution in [0.2, 0.25) is 0 Å². The van der Waals surface area contributed by atoms with Crippen LogP contribution in [0.4, 0.5) is 10.1 Å². The molecule has 2 saturated heterocycles. The minimum absolute atomic E-state index is 0.113. The SMILES string of the molecule is Fc1ccccc1N1CCN(C2CCCN(Cc3cccn3-c3nccs3)C2)CC1. The van der Waals surface area contributed by atoms with E-state index in [1.807, 2.05) is 23.7 Å². The van der Waals surface area contributed by atoms with Crippen molar-refractivity contribution in [1.82, 2.24) is 19.4 Å². The molecule has 0 radical (unpaired) electrons. The van der Waals surface area contributed by atoms with E-state index in [1.165, 1.54) is 18.5 Å². The molecule has 2 aromatic heterocycles. The zero-order valence-electron chi connectivity index (χ0n) is 17.2. The van der Waals surface area contributed by atoms with Crippen LogP contribution >= 0.6 is 11.3 Å². The molecule has 0 amide bonds. The van der Waals surface area contributed by atoms with E-state index in [9.17, 15) is 4.39 Å². The van der Waals surface area contributed by atoms with Crippen molar-refractivity contribution in [3.05, 3.63) is 65.7 Å². The molecule has 1 atom stereocenters. The monoisotopic (exact) mass is 425 g/mol. The van der Waals surface area contributed by atoms with Gasteiger partial charge in [-0.25, -0.2) is 9.37 Å². The summed E-state index contributed by atoms with van der Waals surface area (Å²) in [5, 5.41) is 3.06. The second-order valence-electron chi connectivity index (χ2n) is 8.19. The second-order valence-corrected chi connectivity index (χ2v) is 9.06. The Balaban J connectivity index is 1.19. The summed E-state index contributed by atoms with van der Waals surface area (Å²) < 4.78 is 16.3. The molecule has 2 aliphatic rings. The number of hydrogen-bond acceptors (Lipinski definition) is 5. The lowest BCUT2D eigenvalue weighted by Crippen LogP contribution is -2.55. The molecular formula is C23H28FN5S. The van der Waals surface area contributed by atoms with Gasteiger partial charge in [-0.2, -0.15) is 0 Å². The predicted octanol–water partition coefficient (Wildman–Crippen LogP) is 3.86. The number of anilines is 1. The zero-order valence-corrected chi connectivity index (χ0v) is 18.0. The number of piperazine rings is 1. The van der Waals surface area contributed by atoms with Crippen LogP contribution in [0, 0.1) is 5.82 Å². The van der Waals surface area contributed by atoms with Crippen LogP contribution in [0.1, 0.15) is 18.5 Å². The van der Waals surface area contributed by atoms with Crippen molar-refractivity contribution in [2.24, 2.45) is 0 Å². The number of benzene rings is 1. The first-order valence-corrected chi connectivity index (χ1v) is 11.7. The number of aromatic nitrogens is 2. The molecule has 2 fully saturated rings. The molecule has 5 rings (SSSR count). The van der Waals surface area contributed by atoms with Gasteiger partial charge in [-0.1, -0.05) is 12.1 Å². The van der Waals surface area contributed by atoms with E-state index in [0.717, 1.165) is 56.6 Å². The highest BCUT2D eigenvalue weighted by atomic mass is 32.1. The van der Waals surface area contributed by atoms with E-state index in [4.69, 9.17) is 0 Å². The summed E-state index contributed by atoms with van der Waals surface area (Å²) in [7, 11) is 0. The highest BCUT2D eigenvalue weighted by molar-refractivity contribution is 7.12. The number of para-hydroxylation sites is 1. The highest BCUT2D eigenvalue weighted by Crippen LogP contribution is 2.24. The molecule has 0 spiro atoms. The highest BCUT2D eigenvalue weighted by Gasteiger charge is 2.29. The van der Waals surface area contributed by atoms with Crippen LogP contribution in [-0.2, 0) is 6.54 Å². The van der Waals surface area contributed by atoms with Crippen LogP contribution in [0.5, 0.6) is 0 Å². The van der Waals surface area contributed by atoms with Gasteiger partial charge in [0.25, 0.3) is 0 Å². The van der Waals surface area contributed by atoms with E-state index >= 15 is 0 Å². The van der Waals surface area contributed by atoms with E-state index in [-0.39, 0.29) is 5.82 Å². The zero-order chi connectivity index (χ0) is 20.3. The molecule has 4 heterocycles. The van der Waals surface area contributed by atoms with E-state index in [2.05, 4.69) is 42.6 Å². The molecule has 0 saturated carbocycles. The lowest BCUT2D eigenvalue weighted by Gasteiger charge is -2.44. The Morgan fingerprint density at radius 3 is 2.70 bits per heavy atom. The number of thiazole rings is 1. The van der Waals surface area contributed by atoms with Gasteiger partial charge in [0.15, 0.2) is 5.13 Å². The fourth-order valence-electron chi connectivity index (χ4n) is 4.80. The summed E-state index contributed by atoms with van der Waals surface area (Å²) >= 11 is 1.67. The molecule has 0 N–H and O–H groups in total. The number of likely N-dealkylation sites (tertiary alicyclic amines) is 1. The standard InChI is InChI=1S/C23H28FN5S/c24-21-7-1-2-8-22(21)28-14-12-27(13-15-28)19-5-3-10-26(17-19)18-20-6-4-11-29(20)23-25-9-16-30-23/h1-2,4,6-9,11,16,19H,3,5,10,12-15,17-18H2. The first-order chi connectivity index (χ1) is 14.8. The molecule has 1 unspecified atom stereocenters. The van der Waals surface area contributed by atoms with Crippen LogP contribution in [0.15, 0.2) is 54.2 Å². The van der Waals surface area contributed by atoms with Crippen molar-refractivity contribution in [3.63, 3.8) is 0 Å². The molecule has 158 valence electrons. The smallest absolute Gasteiger partial charge is 0.193 e. The van der Waals surface area contributed by atoms with Crippen molar-refractivity contribution >= 4 is 17.0 Å². The number of nitrogens with zero attached hydrogens (tertiary/aromatic N) is 5. The number of halogens is 1. The fraction of sp³-hybridized carbons (Fsp3) is 0.435. The topological polar surface area (TPSA) is 27.5 Å². The van der Waals surface area contributed by atoms with Gasteiger partial charge >= 0.3 is 0 Å². The van der Waals surface area contributed by atoms with Gasteiger partial charge in [-0.05, 0) is 43.7 Å². The van der Waals surface area contributed by atoms with Crippen LogP contribution in [0.3, 0.4) is 0 Å². The van der Waals surface area contributed by atoms with Crippen LogP contribution in [0.25, 0.3) is 5.13 Å². The van der Waals surface area contributed by atoms with Crippen LogP contribution in [-0.4, -0.2) is 64.7 Å². The first kappa shape index (κ1) is 19.7. The van der Waals surface area contributed by atoms with Gasteiger partial charge in [0.05, 0.1) is 5.69 Å². The first-order valence-electron chi connectivity index (χ1n) is 10.8. The Labute approximate surface area is 181 Å². The molecule has 2 aliphatic heterocycles. The Morgan fingerprint density at radius 1 is 1.03 bits per heavy atom. The van der Waals surface area contributed by atoms with Crippen molar-refractivity contribution in [1.29, 1.82) is 0 Å². The van der Waals surface area contributed by atoms with Gasteiger partial charge in [0, 0.05) is 68.8 Å².